The van der Waals surface area contributed by atoms with Crippen molar-refractivity contribution in [2.45, 2.75) is 0 Å². The Hall–Kier alpha value is -1.62. The molecule has 5 heteroatoms. The van der Waals surface area contributed by atoms with Crippen LogP contribution in [0.4, 0.5) is 11.5 Å². The second-order valence-electron chi connectivity index (χ2n) is 4.41. The van der Waals surface area contributed by atoms with E-state index in [1.165, 1.54) is 0 Å². The fourth-order valence-corrected chi connectivity index (χ4v) is 2.53. The van der Waals surface area contributed by atoms with E-state index in [2.05, 4.69) is 10.3 Å². The molecule has 1 amide bonds. The van der Waals surface area contributed by atoms with Crippen LogP contribution in [0.2, 0.25) is 0 Å². The number of nitrogens with zero attached hydrogens (tertiary/aromatic N) is 2. The number of hydrogen-bond acceptors (Lipinski definition) is 4. The first-order valence-electron chi connectivity index (χ1n) is 5.49. The zero-order valence-corrected chi connectivity index (χ0v) is 8.89. The van der Waals surface area contributed by atoms with Gasteiger partial charge in [0.25, 0.3) is 0 Å². The van der Waals surface area contributed by atoms with Gasteiger partial charge in [-0.05, 0) is 12.1 Å². The lowest BCUT2D eigenvalue weighted by molar-refractivity contribution is -0.120. The predicted molar refractivity (Wildman–Crippen MR) is 60.9 cm³/mol. The van der Waals surface area contributed by atoms with Crippen LogP contribution in [0.1, 0.15) is 0 Å². The highest BCUT2D eigenvalue weighted by molar-refractivity contribution is 5.98. The summed E-state index contributed by atoms with van der Waals surface area (Å²) >= 11 is 0. The van der Waals surface area contributed by atoms with Gasteiger partial charge in [0, 0.05) is 25.6 Å². The highest BCUT2D eigenvalue weighted by Crippen LogP contribution is 2.31. The number of nitrogen functional groups attached to an aromatic ring is 1. The van der Waals surface area contributed by atoms with E-state index in [0.717, 1.165) is 25.3 Å². The summed E-state index contributed by atoms with van der Waals surface area (Å²) in [5.74, 6) is 1.29. The van der Waals surface area contributed by atoms with Crippen LogP contribution in [0.3, 0.4) is 0 Å². The third-order valence-corrected chi connectivity index (χ3v) is 3.42. The van der Waals surface area contributed by atoms with Crippen molar-refractivity contribution in [1.82, 2.24) is 10.3 Å². The number of pyridine rings is 1. The molecule has 0 bridgehead atoms. The second kappa shape index (κ2) is 3.45. The van der Waals surface area contributed by atoms with Crippen LogP contribution in [0.5, 0.6) is 0 Å². The van der Waals surface area contributed by atoms with Crippen molar-refractivity contribution in [3.63, 3.8) is 0 Å². The Morgan fingerprint density at radius 2 is 2.31 bits per heavy atom. The molecule has 1 aromatic heterocycles. The summed E-state index contributed by atoms with van der Waals surface area (Å²) in [4.78, 5) is 17.9. The number of carbonyl (C=O) groups excluding carboxylic acids is 1. The van der Waals surface area contributed by atoms with Crippen LogP contribution in [-0.2, 0) is 4.79 Å². The van der Waals surface area contributed by atoms with Gasteiger partial charge in [-0.15, -0.1) is 0 Å². The Morgan fingerprint density at radius 3 is 3.00 bits per heavy atom. The van der Waals surface area contributed by atoms with E-state index in [9.17, 15) is 4.79 Å². The molecule has 0 aliphatic carbocycles. The van der Waals surface area contributed by atoms with Crippen molar-refractivity contribution in [3.05, 3.63) is 18.3 Å². The van der Waals surface area contributed by atoms with Crippen molar-refractivity contribution in [2.24, 2.45) is 11.8 Å². The molecule has 3 heterocycles. The van der Waals surface area contributed by atoms with Crippen LogP contribution >= 0.6 is 0 Å². The summed E-state index contributed by atoms with van der Waals surface area (Å²) in [6.07, 6.45) is 1.67. The maximum Gasteiger partial charge on any atom is 0.231 e. The molecule has 2 aliphatic rings. The SMILES string of the molecule is Nc1ccc(N2CC3CNCC3C2=O)cn1. The van der Waals surface area contributed by atoms with E-state index < -0.39 is 0 Å². The lowest BCUT2D eigenvalue weighted by atomic mass is 10.0. The lowest BCUT2D eigenvalue weighted by Crippen LogP contribution is -2.30. The van der Waals surface area contributed by atoms with E-state index in [1.807, 2.05) is 11.0 Å². The van der Waals surface area contributed by atoms with Crippen molar-refractivity contribution >= 4 is 17.4 Å². The number of anilines is 2. The van der Waals surface area contributed by atoms with Gasteiger partial charge in [-0.1, -0.05) is 0 Å². The van der Waals surface area contributed by atoms with Gasteiger partial charge in [0.05, 0.1) is 17.8 Å². The number of fused-ring (bicyclic) bond motifs is 1. The number of nitrogens with one attached hydrogen (secondary N) is 1. The Bertz CT molecular complexity index is 416. The molecule has 0 aromatic carbocycles. The second-order valence-corrected chi connectivity index (χ2v) is 4.41. The van der Waals surface area contributed by atoms with Gasteiger partial charge in [0.2, 0.25) is 5.91 Å². The molecule has 5 nitrogen and oxygen atoms in total. The molecule has 0 radical (unpaired) electrons. The largest absolute Gasteiger partial charge is 0.384 e. The number of rotatable bonds is 1. The molecule has 2 atom stereocenters. The van der Waals surface area contributed by atoms with E-state index in [1.54, 1.807) is 12.3 Å². The number of aromatic nitrogens is 1. The normalized spacial score (nSPS) is 28.5. The van der Waals surface area contributed by atoms with Gasteiger partial charge in [0.1, 0.15) is 5.82 Å². The number of amides is 1. The first kappa shape index (κ1) is 9.59. The first-order chi connectivity index (χ1) is 7.75. The zero-order valence-electron chi connectivity index (χ0n) is 8.89. The van der Waals surface area contributed by atoms with Gasteiger partial charge in [-0.3, -0.25) is 4.79 Å². The van der Waals surface area contributed by atoms with Crippen molar-refractivity contribution in [3.8, 4) is 0 Å². The van der Waals surface area contributed by atoms with Crippen LogP contribution < -0.4 is 16.0 Å². The fourth-order valence-electron chi connectivity index (χ4n) is 2.53. The fraction of sp³-hybridized carbons (Fsp3) is 0.455. The predicted octanol–water partition coefficient (Wildman–Crippen LogP) is -0.154. The van der Waals surface area contributed by atoms with Gasteiger partial charge < -0.3 is 16.0 Å². The monoisotopic (exact) mass is 218 g/mol. The number of carbonyl (C=O) groups is 1. The highest BCUT2D eigenvalue weighted by Gasteiger charge is 2.43. The van der Waals surface area contributed by atoms with Crippen molar-refractivity contribution in [2.75, 3.05) is 30.3 Å². The number of nitrogens with two attached hydrogens (primary N) is 1. The molecular formula is C11H14N4O. The van der Waals surface area contributed by atoms with Crippen molar-refractivity contribution < 1.29 is 4.79 Å². The van der Waals surface area contributed by atoms with Gasteiger partial charge in [0.15, 0.2) is 0 Å². The lowest BCUT2D eigenvalue weighted by Gasteiger charge is -2.17. The Kier molecular flexibility index (Phi) is 2.07. The van der Waals surface area contributed by atoms with Gasteiger partial charge >= 0.3 is 0 Å². The molecule has 1 aromatic rings. The third-order valence-electron chi connectivity index (χ3n) is 3.42. The molecule has 16 heavy (non-hydrogen) atoms. The minimum atomic E-state index is 0.151. The zero-order chi connectivity index (χ0) is 11.1. The Balaban J connectivity index is 1.86. The topological polar surface area (TPSA) is 71.2 Å². The molecule has 3 rings (SSSR count). The van der Waals surface area contributed by atoms with Crippen molar-refractivity contribution in [1.29, 1.82) is 0 Å². The Morgan fingerprint density at radius 1 is 1.44 bits per heavy atom. The van der Waals surface area contributed by atoms with E-state index >= 15 is 0 Å². The maximum absolute atomic E-state index is 12.1. The molecule has 84 valence electrons. The molecular weight excluding hydrogens is 204 g/mol. The van der Waals surface area contributed by atoms with E-state index in [0.29, 0.717) is 11.7 Å². The molecule has 3 N–H and O–H groups in total. The van der Waals surface area contributed by atoms with E-state index in [4.69, 9.17) is 5.73 Å². The van der Waals surface area contributed by atoms with Crippen LogP contribution in [-0.4, -0.2) is 30.5 Å². The third kappa shape index (κ3) is 1.36. The summed E-state index contributed by atoms with van der Waals surface area (Å²) in [6.45, 7) is 2.54. The number of hydrogen-bond donors (Lipinski definition) is 2. The average Bonchev–Trinajstić information content (AvgIpc) is 2.84. The van der Waals surface area contributed by atoms with Gasteiger partial charge in [-0.25, -0.2) is 4.98 Å². The minimum Gasteiger partial charge on any atom is -0.384 e. The summed E-state index contributed by atoms with van der Waals surface area (Å²) in [7, 11) is 0. The molecule has 2 fully saturated rings. The van der Waals surface area contributed by atoms with Crippen LogP contribution in [0, 0.1) is 11.8 Å². The maximum atomic E-state index is 12.1. The summed E-state index contributed by atoms with van der Waals surface area (Å²) in [5.41, 5.74) is 6.38. The Labute approximate surface area is 93.6 Å². The summed E-state index contributed by atoms with van der Waals surface area (Å²) < 4.78 is 0. The van der Waals surface area contributed by atoms with Crippen LogP contribution in [0.25, 0.3) is 0 Å². The summed E-state index contributed by atoms with van der Waals surface area (Å²) in [5, 5.41) is 3.25. The molecule has 0 spiro atoms. The standard InChI is InChI=1S/C11H14N4O/c12-10-2-1-8(4-14-10)15-6-7-3-13-5-9(7)11(15)16/h1-2,4,7,9,13H,3,5-6H2,(H2,12,14). The minimum absolute atomic E-state index is 0.151. The van der Waals surface area contributed by atoms with E-state index in [-0.39, 0.29) is 11.8 Å². The van der Waals surface area contributed by atoms with Crippen LogP contribution in [0.15, 0.2) is 18.3 Å². The molecule has 2 aliphatic heterocycles. The van der Waals surface area contributed by atoms with Gasteiger partial charge in [-0.2, -0.15) is 0 Å². The highest BCUT2D eigenvalue weighted by atomic mass is 16.2. The quantitative estimate of drug-likeness (QED) is 0.687. The summed E-state index contributed by atoms with van der Waals surface area (Å²) in [6, 6.07) is 3.59. The smallest absolute Gasteiger partial charge is 0.231 e. The first-order valence-corrected chi connectivity index (χ1v) is 5.49. The molecule has 2 saturated heterocycles. The molecule has 0 saturated carbocycles. The molecule has 2 unspecified atom stereocenters. The average molecular weight is 218 g/mol.